The first-order chi connectivity index (χ1) is 13.7. The van der Waals surface area contributed by atoms with Crippen LogP contribution >= 0.6 is 0 Å². The minimum atomic E-state index is -1.68. The standard InChI is InChI=1S/C20H22F3N3O3/c1-10(2)9-15(26-19(28)11-5-3-4-6-12(11)20(26)29)18(27)25-24-14-8-7-13(21)16(22)17(14)23/h3-4,7-8,10-12,15,24H,5-6,9H2,1-2H3,(H,25,27). The summed E-state index contributed by atoms with van der Waals surface area (Å²) in [5.41, 5.74) is 3.94. The van der Waals surface area contributed by atoms with Crippen LogP contribution in [0.2, 0.25) is 0 Å². The number of nitrogens with zero attached hydrogens (tertiary/aromatic N) is 1. The molecule has 1 aromatic carbocycles. The summed E-state index contributed by atoms with van der Waals surface area (Å²) in [7, 11) is 0. The van der Waals surface area contributed by atoms with E-state index in [-0.39, 0.29) is 12.3 Å². The van der Waals surface area contributed by atoms with Crippen molar-refractivity contribution in [2.24, 2.45) is 17.8 Å². The van der Waals surface area contributed by atoms with E-state index < -0.39 is 58.7 Å². The Morgan fingerprint density at radius 1 is 1.07 bits per heavy atom. The number of hydrogen-bond donors (Lipinski definition) is 2. The number of amides is 3. The summed E-state index contributed by atoms with van der Waals surface area (Å²) in [5, 5.41) is 0. The number of nitrogens with one attached hydrogen (secondary N) is 2. The van der Waals surface area contributed by atoms with E-state index in [9.17, 15) is 27.6 Å². The van der Waals surface area contributed by atoms with Crippen LogP contribution in [0.15, 0.2) is 24.3 Å². The number of carbonyl (C=O) groups is 3. The number of anilines is 1. The topological polar surface area (TPSA) is 78.5 Å². The predicted molar refractivity (Wildman–Crippen MR) is 98.5 cm³/mol. The summed E-state index contributed by atoms with van der Waals surface area (Å²) >= 11 is 0. The first kappa shape index (κ1) is 20.9. The molecule has 1 aliphatic carbocycles. The predicted octanol–water partition coefficient (Wildman–Crippen LogP) is 2.91. The molecule has 0 saturated carbocycles. The minimum absolute atomic E-state index is 0.0212. The number of carbonyl (C=O) groups excluding carboxylic acids is 3. The molecule has 2 N–H and O–H groups in total. The molecule has 156 valence electrons. The smallest absolute Gasteiger partial charge is 0.261 e. The largest absolute Gasteiger partial charge is 0.295 e. The van der Waals surface area contributed by atoms with E-state index >= 15 is 0 Å². The lowest BCUT2D eigenvalue weighted by molar-refractivity contribution is -0.148. The second-order valence-electron chi connectivity index (χ2n) is 7.68. The van der Waals surface area contributed by atoms with Crippen molar-refractivity contribution < 1.29 is 27.6 Å². The molecule has 0 aromatic heterocycles. The molecular formula is C20H22F3N3O3. The van der Waals surface area contributed by atoms with Crippen LogP contribution in [0.3, 0.4) is 0 Å². The van der Waals surface area contributed by atoms with Crippen molar-refractivity contribution in [3.63, 3.8) is 0 Å². The molecule has 29 heavy (non-hydrogen) atoms. The Kier molecular flexibility index (Phi) is 5.95. The van der Waals surface area contributed by atoms with Crippen LogP contribution in [-0.4, -0.2) is 28.7 Å². The highest BCUT2D eigenvalue weighted by atomic mass is 19.2. The summed E-state index contributed by atoms with van der Waals surface area (Å²) in [5.74, 6) is -7.04. The van der Waals surface area contributed by atoms with Crippen molar-refractivity contribution in [1.29, 1.82) is 0 Å². The zero-order valence-electron chi connectivity index (χ0n) is 16.0. The molecule has 3 rings (SSSR count). The lowest BCUT2D eigenvalue weighted by Gasteiger charge is -2.27. The molecule has 2 aliphatic rings. The maximum Gasteiger partial charge on any atom is 0.261 e. The zero-order valence-corrected chi connectivity index (χ0v) is 16.0. The minimum Gasteiger partial charge on any atom is -0.295 e. The van der Waals surface area contributed by atoms with E-state index in [0.29, 0.717) is 18.9 Å². The summed E-state index contributed by atoms with van der Waals surface area (Å²) in [4.78, 5) is 39.4. The van der Waals surface area contributed by atoms with Gasteiger partial charge in [-0.05, 0) is 37.3 Å². The lowest BCUT2D eigenvalue weighted by atomic mass is 9.85. The van der Waals surface area contributed by atoms with Gasteiger partial charge in [-0.1, -0.05) is 26.0 Å². The van der Waals surface area contributed by atoms with Crippen molar-refractivity contribution in [3.8, 4) is 0 Å². The van der Waals surface area contributed by atoms with Gasteiger partial charge in [-0.15, -0.1) is 0 Å². The van der Waals surface area contributed by atoms with Crippen LogP contribution in [0.1, 0.15) is 33.1 Å². The van der Waals surface area contributed by atoms with Crippen molar-refractivity contribution in [3.05, 3.63) is 41.7 Å². The third-order valence-corrected chi connectivity index (χ3v) is 5.21. The average molecular weight is 409 g/mol. The molecule has 6 nitrogen and oxygen atoms in total. The van der Waals surface area contributed by atoms with Crippen molar-refractivity contribution in [2.45, 2.75) is 39.2 Å². The molecule has 3 atom stereocenters. The third kappa shape index (κ3) is 3.99. The van der Waals surface area contributed by atoms with Crippen molar-refractivity contribution in [2.75, 3.05) is 5.43 Å². The first-order valence-electron chi connectivity index (χ1n) is 9.43. The SMILES string of the molecule is CC(C)CC(C(=O)NNc1ccc(F)c(F)c1F)N1C(=O)C2CC=CCC2C1=O. The van der Waals surface area contributed by atoms with Gasteiger partial charge < -0.3 is 0 Å². The van der Waals surface area contributed by atoms with E-state index in [0.717, 1.165) is 11.0 Å². The fraction of sp³-hybridized carbons (Fsp3) is 0.450. The first-order valence-corrected chi connectivity index (χ1v) is 9.43. The highest BCUT2D eigenvalue weighted by Gasteiger charge is 2.51. The number of imide groups is 1. The highest BCUT2D eigenvalue weighted by molar-refractivity contribution is 6.08. The van der Waals surface area contributed by atoms with Crippen LogP contribution in [-0.2, 0) is 14.4 Å². The Balaban J connectivity index is 1.78. The lowest BCUT2D eigenvalue weighted by Crippen LogP contribution is -2.51. The molecule has 1 heterocycles. The summed E-state index contributed by atoms with van der Waals surface area (Å²) in [6.45, 7) is 3.67. The van der Waals surface area contributed by atoms with Gasteiger partial charge in [-0.3, -0.25) is 30.1 Å². The van der Waals surface area contributed by atoms with Gasteiger partial charge in [0.05, 0.1) is 17.5 Å². The molecule has 3 amide bonds. The number of allylic oxidation sites excluding steroid dienone is 2. The normalized spacial score (nSPS) is 22.1. The van der Waals surface area contributed by atoms with Crippen LogP contribution in [0.4, 0.5) is 18.9 Å². The number of rotatable bonds is 6. The van der Waals surface area contributed by atoms with E-state index in [1.807, 2.05) is 26.0 Å². The zero-order chi connectivity index (χ0) is 21.3. The van der Waals surface area contributed by atoms with Gasteiger partial charge in [0.25, 0.3) is 5.91 Å². The van der Waals surface area contributed by atoms with E-state index in [1.165, 1.54) is 0 Å². The van der Waals surface area contributed by atoms with E-state index in [2.05, 4.69) is 10.9 Å². The highest BCUT2D eigenvalue weighted by Crippen LogP contribution is 2.37. The second kappa shape index (κ2) is 8.26. The average Bonchev–Trinajstić information content (AvgIpc) is 2.94. The molecule has 0 bridgehead atoms. The summed E-state index contributed by atoms with van der Waals surface area (Å²) < 4.78 is 40.2. The van der Waals surface area contributed by atoms with Crippen molar-refractivity contribution >= 4 is 23.4 Å². The van der Waals surface area contributed by atoms with Crippen LogP contribution in [0.5, 0.6) is 0 Å². The Morgan fingerprint density at radius 2 is 1.66 bits per heavy atom. The van der Waals surface area contributed by atoms with Gasteiger partial charge in [-0.25, -0.2) is 13.2 Å². The van der Waals surface area contributed by atoms with E-state index in [1.54, 1.807) is 0 Å². The molecule has 0 spiro atoms. The number of halogens is 3. The van der Waals surface area contributed by atoms with Crippen LogP contribution < -0.4 is 10.9 Å². The van der Waals surface area contributed by atoms with Gasteiger partial charge in [-0.2, -0.15) is 0 Å². The molecule has 1 aromatic rings. The Hall–Kier alpha value is -2.84. The molecule has 1 saturated heterocycles. The fourth-order valence-electron chi connectivity index (χ4n) is 3.74. The summed E-state index contributed by atoms with van der Waals surface area (Å²) in [6, 6.07) is 0.545. The van der Waals surface area contributed by atoms with Crippen LogP contribution in [0, 0.1) is 35.2 Å². The van der Waals surface area contributed by atoms with Gasteiger partial charge in [0.1, 0.15) is 6.04 Å². The second-order valence-corrected chi connectivity index (χ2v) is 7.68. The number of likely N-dealkylation sites (tertiary alicyclic amines) is 1. The maximum absolute atomic E-state index is 13.8. The molecular weight excluding hydrogens is 387 g/mol. The Labute approximate surface area is 166 Å². The third-order valence-electron chi connectivity index (χ3n) is 5.21. The Bertz CT molecular complexity index is 846. The molecule has 9 heteroatoms. The number of benzene rings is 1. The number of hydrazine groups is 1. The monoisotopic (exact) mass is 409 g/mol. The number of fused-ring (bicyclic) bond motifs is 1. The van der Waals surface area contributed by atoms with Gasteiger partial charge in [0.15, 0.2) is 17.5 Å². The van der Waals surface area contributed by atoms with Crippen LogP contribution in [0.25, 0.3) is 0 Å². The fourth-order valence-corrected chi connectivity index (χ4v) is 3.74. The van der Waals surface area contributed by atoms with Gasteiger partial charge in [0.2, 0.25) is 11.8 Å². The van der Waals surface area contributed by atoms with E-state index in [4.69, 9.17) is 0 Å². The summed E-state index contributed by atoms with van der Waals surface area (Å²) in [6.07, 6.45) is 4.79. The van der Waals surface area contributed by atoms with Gasteiger partial charge >= 0.3 is 0 Å². The quantitative estimate of drug-likeness (QED) is 0.328. The maximum atomic E-state index is 13.8. The molecule has 1 fully saturated rings. The molecule has 0 radical (unpaired) electrons. The molecule has 3 unspecified atom stereocenters. The van der Waals surface area contributed by atoms with Gasteiger partial charge in [0, 0.05) is 0 Å². The number of hydrogen-bond acceptors (Lipinski definition) is 4. The van der Waals surface area contributed by atoms with Crippen molar-refractivity contribution in [1.82, 2.24) is 10.3 Å². The Morgan fingerprint density at radius 3 is 2.21 bits per heavy atom. The molecule has 1 aliphatic heterocycles.